The van der Waals surface area contributed by atoms with E-state index in [1.807, 2.05) is 51.7 Å². The Bertz CT molecular complexity index is 1060. The summed E-state index contributed by atoms with van der Waals surface area (Å²) >= 11 is 0. The van der Waals surface area contributed by atoms with Crippen molar-refractivity contribution in [2.45, 2.75) is 25.8 Å². The Labute approximate surface area is 219 Å². The van der Waals surface area contributed by atoms with Gasteiger partial charge < -0.3 is 26.5 Å². The average Bonchev–Trinajstić information content (AvgIpc) is 3.29. The van der Waals surface area contributed by atoms with E-state index in [-0.39, 0.29) is 63.3 Å². The molecule has 1 radical (unpaired) electrons. The van der Waals surface area contributed by atoms with Crippen molar-refractivity contribution >= 4 is 24.5 Å². The number of aliphatic imine (C=N–C) groups is 1. The van der Waals surface area contributed by atoms with Crippen molar-refractivity contribution in [3.63, 3.8) is 0 Å². The zero-order chi connectivity index (χ0) is 20.2. The Balaban J connectivity index is 0.00000256. The van der Waals surface area contributed by atoms with E-state index < -0.39 is 0 Å². The average molecular weight is 424 g/mol. The second kappa shape index (κ2) is 10.6. The van der Waals surface area contributed by atoms with Gasteiger partial charge in [-0.2, -0.15) is 0 Å². The minimum atomic E-state index is -0.135. The van der Waals surface area contributed by atoms with Gasteiger partial charge in [0.25, 0.3) is 0 Å². The molecule has 9 heteroatoms. The number of nitrogens with zero attached hydrogens (tertiary/aromatic N) is 4. The number of hydrogen-bond donors (Lipinski definition) is 2. The number of aromatic nitrogens is 2. The number of aryl methyl sites for hydroxylation is 1. The summed E-state index contributed by atoms with van der Waals surface area (Å²) in [5.41, 5.74) is 3.42. The van der Waals surface area contributed by atoms with Gasteiger partial charge >= 0.3 is 51.4 Å². The zero-order valence-corrected chi connectivity index (χ0v) is 20.6. The van der Waals surface area contributed by atoms with Crippen molar-refractivity contribution < 1.29 is 56.2 Å². The Morgan fingerprint density at radius 2 is 2.30 bits per heavy atom. The van der Waals surface area contributed by atoms with Gasteiger partial charge in [-0.3, -0.25) is 14.9 Å². The number of anilines is 1. The smallest absolute Gasteiger partial charge is 0.560 e. The van der Waals surface area contributed by atoms with Crippen LogP contribution in [0.2, 0.25) is 0 Å². The third kappa shape index (κ3) is 6.18. The van der Waals surface area contributed by atoms with Gasteiger partial charge in [-0.25, -0.2) is 0 Å². The van der Waals surface area contributed by atoms with Crippen LogP contribution >= 0.6 is 0 Å². The van der Waals surface area contributed by atoms with Crippen molar-refractivity contribution in [2.24, 2.45) is 23.0 Å². The predicted molar refractivity (Wildman–Crippen MR) is 113 cm³/mol. The summed E-state index contributed by atoms with van der Waals surface area (Å²) in [4.78, 5) is 21.1. The minimum Gasteiger partial charge on any atom is -0.560 e. The molecule has 1 aliphatic heterocycles. The molecule has 2 aliphatic rings. The number of carbonyl (C=O) groups excluding carboxylic acids is 1. The molecular formula is C21H22BKN6O-. The number of amides is 1. The molecule has 1 unspecified atom stereocenters. The van der Waals surface area contributed by atoms with Crippen molar-refractivity contribution in [2.75, 3.05) is 5.32 Å². The van der Waals surface area contributed by atoms with Gasteiger partial charge in [-0.05, 0) is 49.0 Å². The third-order valence-electron chi connectivity index (χ3n) is 4.83. The van der Waals surface area contributed by atoms with Crippen LogP contribution in [0.3, 0.4) is 0 Å². The molecule has 1 atom stereocenters. The van der Waals surface area contributed by atoms with Crippen molar-refractivity contribution in [1.29, 1.82) is 0 Å². The molecule has 1 fully saturated rings. The maximum absolute atomic E-state index is 12.5. The molecule has 147 valence electrons. The molecule has 1 saturated carbocycles. The van der Waals surface area contributed by atoms with E-state index in [0.717, 1.165) is 22.2 Å². The molecule has 1 aliphatic carbocycles. The van der Waals surface area contributed by atoms with Crippen LogP contribution in [0, 0.1) is 12.1 Å². The molecule has 1 aromatic heterocycles. The first kappa shape index (κ1) is 23.0. The first-order chi connectivity index (χ1) is 14.1. The van der Waals surface area contributed by atoms with Crippen LogP contribution in [0.4, 0.5) is 5.69 Å². The van der Waals surface area contributed by atoms with Crippen molar-refractivity contribution in [1.82, 2.24) is 15.1 Å². The molecule has 2 aromatic rings. The van der Waals surface area contributed by atoms with Crippen molar-refractivity contribution in [3.05, 3.63) is 71.7 Å². The standard InChI is InChI=1S/C21H22BN6O.K/c1-14(23-8-9-24-18-11-26-28(2)13-18)16-4-3-5-17(10-16)27-21(29)19-12-25-20(22-19)15-6-7-15;/h3-5,9-15,23H,6-7H2,1-2H3,(H,27,29);/q-2;+1. The van der Waals surface area contributed by atoms with Crippen molar-refractivity contribution in [3.8, 4) is 0 Å². The fraction of sp³-hybridized carbons (Fsp3) is 0.286. The van der Waals surface area contributed by atoms with Crippen LogP contribution < -0.4 is 67.4 Å². The first-order valence-electron chi connectivity index (χ1n) is 9.64. The first-order valence-corrected chi connectivity index (χ1v) is 9.64. The van der Waals surface area contributed by atoms with Crippen LogP contribution in [0.1, 0.15) is 31.4 Å². The summed E-state index contributed by atoms with van der Waals surface area (Å²) < 4.78 is 1.70. The second-order valence-corrected chi connectivity index (χ2v) is 7.28. The second-order valence-electron chi connectivity index (χ2n) is 7.28. The van der Waals surface area contributed by atoms with Gasteiger partial charge in [-0.15, -0.1) is 6.20 Å². The molecule has 2 N–H and O–H groups in total. The van der Waals surface area contributed by atoms with E-state index in [9.17, 15) is 4.79 Å². The SMILES string of the molecule is CC(N[C-]=CN=c1cnn(C)[cH-]1)c1cccc(NC(=O)C2=CN=C(C3CC3)[B]2)c1.[K+]. The summed E-state index contributed by atoms with van der Waals surface area (Å²) in [5.74, 6) is 0.407. The van der Waals surface area contributed by atoms with Gasteiger partial charge in [0.2, 0.25) is 13.2 Å². The van der Waals surface area contributed by atoms with Gasteiger partial charge in [0.05, 0.1) is 0 Å². The number of hydrogen-bond acceptors (Lipinski definition) is 5. The molecular weight excluding hydrogens is 402 g/mol. The Hall–Kier alpha value is -1.65. The van der Waals surface area contributed by atoms with Crippen LogP contribution in [0.25, 0.3) is 0 Å². The molecule has 2 heterocycles. The third-order valence-corrected chi connectivity index (χ3v) is 4.83. The van der Waals surface area contributed by atoms with E-state index in [2.05, 4.69) is 31.9 Å². The molecule has 7 nitrogen and oxygen atoms in total. The van der Waals surface area contributed by atoms with Gasteiger partial charge in [0.1, 0.15) is 0 Å². The largest absolute Gasteiger partial charge is 1.00 e. The molecule has 0 spiro atoms. The number of nitrogens with one attached hydrogen (secondary N) is 2. The summed E-state index contributed by atoms with van der Waals surface area (Å²) in [6, 6.07) is 7.76. The zero-order valence-electron chi connectivity index (χ0n) is 17.5. The summed E-state index contributed by atoms with van der Waals surface area (Å²) in [6.07, 6.45) is 12.1. The van der Waals surface area contributed by atoms with Gasteiger partial charge in [-0.1, -0.05) is 29.9 Å². The Morgan fingerprint density at radius 3 is 3.03 bits per heavy atom. The number of rotatable bonds is 7. The summed E-state index contributed by atoms with van der Waals surface area (Å²) in [7, 11) is 3.74. The number of carbonyl (C=O) groups is 1. The van der Waals surface area contributed by atoms with E-state index in [1.165, 1.54) is 12.8 Å². The topological polar surface area (TPSA) is 83.7 Å². The quantitative estimate of drug-likeness (QED) is 0.339. The van der Waals surface area contributed by atoms with E-state index in [1.54, 1.807) is 23.3 Å². The molecule has 0 saturated heterocycles. The van der Waals surface area contributed by atoms with E-state index in [4.69, 9.17) is 0 Å². The maximum atomic E-state index is 12.5. The molecule has 30 heavy (non-hydrogen) atoms. The van der Waals surface area contributed by atoms with E-state index in [0.29, 0.717) is 11.4 Å². The summed E-state index contributed by atoms with van der Waals surface area (Å²) in [5, 5.41) is 10.9. The normalized spacial score (nSPS) is 17.1. The number of benzene rings is 1. The minimum absolute atomic E-state index is 0. The molecule has 1 amide bonds. The Kier molecular flexibility index (Phi) is 8.13. The Morgan fingerprint density at radius 1 is 1.47 bits per heavy atom. The van der Waals surface area contributed by atoms with Crippen LogP contribution in [0.15, 0.2) is 64.5 Å². The van der Waals surface area contributed by atoms with E-state index >= 15 is 0 Å². The van der Waals surface area contributed by atoms with Gasteiger partial charge in [0.15, 0.2) is 0 Å². The monoisotopic (exact) mass is 424 g/mol. The predicted octanol–water partition coefficient (Wildman–Crippen LogP) is -1.02. The summed E-state index contributed by atoms with van der Waals surface area (Å²) in [6.45, 7) is 2.02. The fourth-order valence-corrected chi connectivity index (χ4v) is 3.02. The van der Waals surface area contributed by atoms with Crippen LogP contribution in [-0.4, -0.2) is 28.6 Å². The maximum Gasteiger partial charge on any atom is 1.00 e. The fourth-order valence-electron chi connectivity index (χ4n) is 3.02. The molecule has 4 rings (SSSR count). The van der Waals surface area contributed by atoms with Crippen LogP contribution in [-0.2, 0) is 11.8 Å². The van der Waals surface area contributed by atoms with Gasteiger partial charge in [0, 0.05) is 30.4 Å². The van der Waals surface area contributed by atoms with Crippen LogP contribution in [0.5, 0.6) is 0 Å². The molecule has 0 bridgehead atoms. The molecule has 1 aromatic carbocycles.